The molecule has 0 saturated heterocycles. The van der Waals surface area contributed by atoms with E-state index in [0.717, 1.165) is 0 Å². The standard InChI is InChI=1S/C17H16ClNO3/c1-10(2)13-9-14(11(3)15(18)16(13)20)19-22-17(21)12-7-5-4-6-8-12/h4-10H,1-3H3/b19-14+. The summed E-state index contributed by atoms with van der Waals surface area (Å²) in [5, 5.41) is 3.97. The summed E-state index contributed by atoms with van der Waals surface area (Å²) >= 11 is 6.05. The first kappa shape index (κ1) is 16.2. The molecule has 2 rings (SSSR count). The molecule has 0 fully saturated rings. The summed E-state index contributed by atoms with van der Waals surface area (Å²) in [6, 6.07) is 8.55. The third-order valence-corrected chi connectivity index (χ3v) is 3.78. The first-order valence-electron chi connectivity index (χ1n) is 6.89. The van der Waals surface area contributed by atoms with E-state index < -0.39 is 5.97 Å². The molecule has 0 unspecified atom stereocenters. The molecule has 0 N–H and O–H groups in total. The average Bonchev–Trinajstić information content (AvgIpc) is 2.52. The minimum absolute atomic E-state index is 0.00405. The van der Waals surface area contributed by atoms with Crippen molar-refractivity contribution in [1.82, 2.24) is 0 Å². The van der Waals surface area contributed by atoms with Gasteiger partial charge in [0.15, 0.2) is 0 Å². The smallest absolute Gasteiger partial charge is 0.312 e. The van der Waals surface area contributed by atoms with E-state index in [1.54, 1.807) is 43.3 Å². The second kappa shape index (κ2) is 6.71. The minimum Gasteiger partial charge on any atom is -0.312 e. The van der Waals surface area contributed by atoms with Gasteiger partial charge in [-0.15, -0.1) is 0 Å². The van der Waals surface area contributed by atoms with Crippen molar-refractivity contribution in [3.05, 3.63) is 58.1 Å². The Morgan fingerprint density at radius 3 is 2.45 bits per heavy atom. The molecule has 5 heteroatoms. The van der Waals surface area contributed by atoms with Crippen LogP contribution in [0.15, 0.2) is 57.7 Å². The van der Waals surface area contributed by atoms with Crippen LogP contribution in [0.3, 0.4) is 0 Å². The van der Waals surface area contributed by atoms with Crippen LogP contribution in [0.5, 0.6) is 0 Å². The van der Waals surface area contributed by atoms with Crippen LogP contribution in [0, 0.1) is 5.92 Å². The van der Waals surface area contributed by atoms with Crippen molar-refractivity contribution in [2.24, 2.45) is 11.1 Å². The Balaban J connectivity index is 2.26. The molecule has 0 spiro atoms. The van der Waals surface area contributed by atoms with Gasteiger partial charge in [-0.1, -0.05) is 48.8 Å². The van der Waals surface area contributed by atoms with Gasteiger partial charge in [-0.05, 0) is 31.1 Å². The molecule has 0 bridgehead atoms. The van der Waals surface area contributed by atoms with Gasteiger partial charge in [0.1, 0.15) is 5.71 Å². The average molecular weight is 318 g/mol. The summed E-state index contributed by atoms with van der Waals surface area (Å²) in [7, 11) is 0. The number of nitrogens with zero attached hydrogens (tertiary/aromatic N) is 1. The van der Waals surface area contributed by atoms with Crippen LogP contribution in [-0.2, 0) is 9.63 Å². The third kappa shape index (κ3) is 3.34. The first-order chi connectivity index (χ1) is 10.4. The summed E-state index contributed by atoms with van der Waals surface area (Å²) < 4.78 is 0. The first-order valence-corrected chi connectivity index (χ1v) is 7.27. The van der Waals surface area contributed by atoms with E-state index in [2.05, 4.69) is 5.16 Å². The zero-order valence-electron chi connectivity index (χ0n) is 12.6. The number of ketones is 1. The second-order valence-corrected chi connectivity index (χ2v) is 5.62. The Kier molecular flexibility index (Phi) is 4.93. The molecule has 0 atom stereocenters. The van der Waals surface area contributed by atoms with Crippen molar-refractivity contribution < 1.29 is 14.4 Å². The molecule has 1 aliphatic carbocycles. The van der Waals surface area contributed by atoms with E-state index in [9.17, 15) is 9.59 Å². The van der Waals surface area contributed by atoms with Crippen molar-refractivity contribution in [3.8, 4) is 0 Å². The maximum Gasteiger partial charge on any atom is 0.365 e. The molecule has 0 saturated carbocycles. The topological polar surface area (TPSA) is 55.7 Å². The lowest BCUT2D eigenvalue weighted by molar-refractivity contribution is -0.112. The van der Waals surface area contributed by atoms with Crippen LogP contribution in [0.1, 0.15) is 31.1 Å². The van der Waals surface area contributed by atoms with E-state index in [1.807, 2.05) is 13.8 Å². The number of halogens is 1. The number of hydrogen-bond donors (Lipinski definition) is 0. The Hall–Kier alpha value is -2.20. The molecule has 114 valence electrons. The molecule has 1 aromatic rings. The molecule has 0 heterocycles. The summed E-state index contributed by atoms with van der Waals surface area (Å²) in [5.41, 5.74) is 1.83. The SMILES string of the molecule is CC1=C(Cl)C(=O)C(C(C)C)=C/C1=N\OC(=O)c1ccccc1. The lowest BCUT2D eigenvalue weighted by Crippen LogP contribution is -2.19. The summed E-state index contributed by atoms with van der Waals surface area (Å²) in [4.78, 5) is 28.9. The molecule has 22 heavy (non-hydrogen) atoms. The molecule has 0 aromatic heterocycles. The molecule has 1 aliphatic rings. The van der Waals surface area contributed by atoms with Crippen LogP contribution in [0.4, 0.5) is 0 Å². The number of oxime groups is 1. The molecule has 1 aromatic carbocycles. The fraction of sp³-hybridized carbons (Fsp3) is 0.235. The summed E-state index contributed by atoms with van der Waals surface area (Å²) in [5.74, 6) is -0.764. The van der Waals surface area contributed by atoms with Crippen LogP contribution < -0.4 is 0 Å². The summed E-state index contributed by atoms with van der Waals surface area (Å²) in [6.07, 6.45) is 1.62. The highest BCUT2D eigenvalue weighted by atomic mass is 35.5. The van der Waals surface area contributed by atoms with E-state index in [4.69, 9.17) is 16.4 Å². The van der Waals surface area contributed by atoms with Gasteiger partial charge in [-0.2, -0.15) is 0 Å². The van der Waals surface area contributed by atoms with Gasteiger partial charge in [-0.25, -0.2) is 4.79 Å². The minimum atomic E-state index is -0.562. The van der Waals surface area contributed by atoms with Gasteiger partial charge < -0.3 is 4.84 Å². The maximum absolute atomic E-state index is 12.1. The largest absolute Gasteiger partial charge is 0.365 e. The highest BCUT2D eigenvalue weighted by molar-refractivity contribution is 6.49. The predicted octanol–water partition coefficient (Wildman–Crippen LogP) is 3.88. The van der Waals surface area contributed by atoms with Gasteiger partial charge in [0.25, 0.3) is 0 Å². The fourth-order valence-electron chi connectivity index (χ4n) is 1.97. The zero-order valence-corrected chi connectivity index (χ0v) is 13.3. The zero-order chi connectivity index (χ0) is 16.3. The van der Waals surface area contributed by atoms with Crippen LogP contribution in [0.25, 0.3) is 0 Å². The highest BCUT2D eigenvalue weighted by Gasteiger charge is 2.26. The second-order valence-electron chi connectivity index (χ2n) is 5.24. The number of rotatable bonds is 3. The predicted molar refractivity (Wildman–Crippen MR) is 85.8 cm³/mol. The van der Waals surface area contributed by atoms with Gasteiger partial charge in [0.2, 0.25) is 5.78 Å². The van der Waals surface area contributed by atoms with Crippen molar-refractivity contribution in [1.29, 1.82) is 0 Å². The lowest BCUT2D eigenvalue weighted by Gasteiger charge is -2.17. The van der Waals surface area contributed by atoms with Crippen molar-refractivity contribution in [2.45, 2.75) is 20.8 Å². The molecule has 4 nitrogen and oxygen atoms in total. The third-order valence-electron chi connectivity index (χ3n) is 3.33. The number of allylic oxidation sites excluding steroid dienone is 4. The van der Waals surface area contributed by atoms with Crippen molar-refractivity contribution >= 4 is 29.1 Å². The number of carbonyl (C=O) groups is 2. The van der Waals surface area contributed by atoms with Crippen molar-refractivity contribution in [3.63, 3.8) is 0 Å². The normalized spacial score (nSPS) is 17.0. The monoisotopic (exact) mass is 317 g/mol. The van der Waals surface area contributed by atoms with E-state index in [0.29, 0.717) is 22.4 Å². The van der Waals surface area contributed by atoms with Gasteiger partial charge in [-0.3, -0.25) is 4.79 Å². The van der Waals surface area contributed by atoms with Gasteiger partial charge in [0.05, 0.1) is 10.6 Å². The Morgan fingerprint density at radius 2 is 1.86 bits per heavy atom. The number of hydrogen-bond acceptors (Lipinski definition) is 4. The maximum atomic E-state index is 12.1. The number of Topliss-reactive ketones (excluding diaryl/α,β-unsaturated/α-hetero) is 1. The molecular weight excluding hydrogens is 302 g/mol. The van der Waals surface area contributed by atoms with Gasteiger partial charge >= 0.3 is 5.97 Å². The van der Waals surface area contributed by atoms with Crippen LogP contribution >= 0.6 is 11.6 Å². The Morgan fingerprint density at radius 1 is 1.23 bits per heavy atom. The molecule has 0 amide bonds. The van der Waals surface area contributed by atoms with E-state index in [1.165, 1.54) is 0 Å². The van der Waals surface area contributed by atoms with Crippen molar-refractivity contribution in [2.75, 3.05) is 0 Å². The van der Waals surface area contributed by atoms with E-state index >= 15 is 0 Å². The number of benzene rings is 1. The van der Waals surface area contributed by atoms with Crippen LogP contribution in [0.2, 0.25) is 0 Å². The number of carbonyl (C=O) groups excluding carboxylic acids is 2. The Bertz CT molecular complexity index is 700. The lowest BCUT2D eigenvalue weighted by atomic mass is 9.90. The molecule has 0 aliphatic heterocycles. The fourth-order valence-corrected chi connectivity index (χ4v) is 2.18. The Labute approximate surface area is 134 Å². The van der Waals surface area contributed by atoms with E-state index in [-0.39, 0.29) is 16.7 Å². The molecule has 0 radical (unpaired) electrons. The molecular formula is C17H16ClNO3. The van der Waals surface area contributed by atoms with Crippen LogP contribution in [-0.4, -0.2) is 17.5 Å². The quantitative estimate of drug-likeness (QED) is 0.483. The highest BCUT2D eigenvalue weighted by Crippen LogP contribution is 2.27. The summed E-state index contributed by atoms with van der Waals surface area (Å²) in [6.45, 7) is 5.45. The van der Waals surface area contributed by atoms with Gasteiger partial charge in [0, 0.05) is 11.1 Å².